The Labute approximate surface area is 116 Å². The van der Waals surface area contributed by atoms with E-state index in [1.807, 2.05) is 6.92 Å². The van der Waals surface area contributed by atoms with E-state index in [0.717, 1.165) is 0 Å². The van der Waals surface area contributed by atoms with Crippen molar-refractivity contribution >= 4 is 34.3 Å². The number of aromatic carboxylic acids is 1. The fourth-order valence-electron chi connectivity index (χ4n) is 1.73. The molecule has 1 atom stereocenters. The topological polar surface area (TPSA) is 117 Å². The summed E-state index contributed by atoms with van der Waals surface area (Å²) in [5.41, 5.74) is 1.32. The second-order valence-corrected chi connectivity index (χ2v) is 4.96. The van der Waals surface area contributed by atoms with E-state index in [1.165, 1.54) is 23.0 Å². The lowest BCUT2D eigenvalue weighted by Gasteiger charge is -2.11. The van der Waals surface area contributed by atoms with Crippen molar-refractivity contribution in [3.05, 3.63) is 28.7 Å². The molecule has 0 saturated carbocycles. The van der Waals surface area contributed by atoms with Gasteiger partial charge < -0.3 is 15.4 Å². The number of nitrogens with one attached hydrogen (secondary N) is 2. The lowest BCUT2D eigenvalue weighted by molar-refractivity contribution is 0.0691. The molecule has 3 aromatic heterocycles. The first-order chi connectivity index (χ1) is 9.65. The van der Waals surface area contributed by atoms with Crippen LogP contribution in [-0.4, -0.2) is 36.0 Å². The highest BCUT2D eigenvalue weighted by atomic mass is 32.1. The zero-order chi connectivity index (χ0) is 14.1. The van der Waals surface area contributed by atoms with E-state index in [2.05, 4.69) is 30.2 Å². The van der Waals surface area contributed by atoms with Gasteiger partial charge in [0.2, 0.25) is 0 Å². The maximum absolute atomic E-state index is 10.8. The number of aromatic nitrogens is 5. The summed E-state index contributed by atoms with van der Waals surface area (Å²) in [5, 5.41) is 14.2. The fraction of sp³-hybridized carbons (Fsp3) is 0.182. The van der Waals surface area contributed by atoms with Crippen LogP contribution in [0.2, 0.25) is 0 Å². The van der Waals surface area contributed by atoms with E-state index in [4.69, 9.17) is 5.11 Å². The van der Waals surface area contributed by atoms with Gasteiger partial charge in [-0.15, -0.1) is 11.3 Å². The van der Waals surface area contributed by atoms with Crippen LogP contribution in [0.3, 0.4) is 0 Å². The van der Waals surface area contributed by atoms with Gasteiger partial charge in [0.15, 0.2) is 17.2 Å². The highest BCUT2D eigenvalue weighted by Crippen LogP contribution is 2.24. The van der Waals surface area contributed by atoms with Gasteiger partial charge in [0.25, 0.3) is 0 Å². The van der Waals surface area contributed by atoms with Crippen LogP contribution in [0.4, 0.5) is 5.82 Å². The number of carboxylic acids is 1. The van der Waals surface area contributed by atoms with Crippen LogP contribution in [0.1, 0.15) is 28.5 Å². The Morgan fingerprint density at radius 3 is 3.05 bits per heavy atom. The van der Waals surface area contributed by atoms with Crippen molar-refractivity contribution in [2.75, 3.05) is 5.32 Å². The number of fused-ring (bicyclic) bond motifs is 1. The summed E-state index contributed by atoms with van der Waals surface area (Å²) in [6.45, 7) is 1.88. The Bertz CT molecular complexity index is 767. The number of H-pyrrole nitrogens is 1. The van der Waals surface area contributed by atoms with E-state index in [-0.39, 0.29) is 11.7 Å². The molecule has 3 heterocycles. The van der Waals surface area contributed by atoms with Crippen LogP contribution in [-0.2, 0) is 0 Å². The first kappa shape index (κ1) is 12.5. The molecule has 0 aliphatic rings. The normalized spacial score (nSPS) is 12.4. The molecule has 0 aliphatic carbocycles. The predicted octanol–water partition coefficient (Wildman–Crippen LogP) is 1.68. The van der Waals surface area contributed by atoms with Crippen LogP contribution >= 0.6 is 11.3 Å². The number of imidazole rings is 1. The Morgan fingerprint density at radius 2 is 2.30 bits per heavy atom. The van der Waals surface area contributed by atoms with Crippen LogP contribution in [0, 0.1) is 0 Å². The van der Waals surface area contributed by atoms with Gasteiger partial charge in [-0.3, -0.25) is 0 Å². The third-order valence-electron chi connectivity index (χ3n) is 2.69. The summed E-state index contributed by atoms with van der Waals surface area (Å²) >= 11 is 1.29. The molecule has 102 valence electrons. The Balaban J connectivity index is 1.86. The molecule has 0 aromatic carbocycles. The molecule has 0 aliphatic heterocycles. The van der Waals surface area contributed by atoms with Gasteiger partial charge in [-0.25, -0.2) is 24.7 Å². The van der Waals surface area contributed by atoms with Gasteiger partial charge in [-0.1, -0.05) is 0 Å². The summed E-state index contributed by atoms with van der Waals surface area (Å²) in [6, 6.07) is -0.172. The molecule has 20 heavy (non-hydrogen) atoms. The molecular formula is C11H10N6O2S. The van der Waals surface area contributed by atoms with Gasteiger partial charge in [-0.2, -0.15) is 0 Å². The minimum absolute atomic E-state index is 0.0491. The van der Waals surface area contributed by atoms with Crippen LogP contribution in [0.15, 0.2) is 18.0 Å². The highest BCUT2D eigenvalue weighted by molar-refractivity contribution is 7.09. The van der Waals surface area contributed by atoms with Crippen molar-refractivity contribution < 1.29 is 9.90 Å². The van der Waals surface area contributed by atoms with E-state index in [1.54, 1.807) is 6.33 Å². The molecule has 0 spiro atoms. The molecule has 3 N–H and O–H groups in total. The lowest BCUT2D eigenvalue weighted by Crippen LogP contribution is -2.09. The number of carboxylic acid groups (broad SMARTS) is 1. The molecule has 0 radical (unpaired) electrons. The Hall–Kier alpha value is -2.55. The van der Waals surface area contributed by atoms with Gasteiger partial charge in [-0.05, 0) is 6.92 Å². The largest absolute Gasteiger partial charge is 0.476 e. The maximum atomic E-state index is 10.8. The van der Waals surface area contributed by atoms with Crippen molar-refractivity contribution in [1.82, 2.24) is 24.9 Å². The van der Waals surface area contributed by atoms with E-state index >= 15 is 0 Å². The quantitative estimate of drug-likeness (QED) is 0.669. The highest BCUT2D eigenvalue weighted by Gasteiger charge is 2.15. The number of rotatable bonds is 4. The van der Waals surface area contributed by atoms with E-state index in [9.17, 15) is 4.79 Å². The molecule has 0 bridgehead atoms. The second kappa shape index (κ2) is 4.85. The SMILES string of the molecule is CC(Nc1ncnc2nc[nH]c12)c1nc(C(=O)O)cs1. The summed E-state index contributed by atoms with van der Waals surface area (Å²) in [7, 11) is 0. The monoisotopic (exact) mass is 290 g/mol. The minimum atomic E-state index is -1.03. The van der Waals surface area contributed by atoms with Gasteiger partial charge in [0, 0.05) is 5.38 Å². The zero-order valence-electron chi connectivity index (χ0n) is 10.4. The van der Waals surface area contributed by atoms with Crippen LogP contribution in [0.5, 0.6) is 0 Å². The molecule has 3 rings (SSSR count). The van der Waals surface area contributed by atoms with Gasteiger partial charge in [0.1, 0.15) is 16.9 Å². The summed E-state index contributed by atoms with van der Waals surface area (Å²) < 4.78 is 0. The molecule has 0 fully saturated rings. The third kappa shape index (κ3) is 2.18. The summed E-state index contributed by atoms with van der Waals surface area (Å²) in [5.74, 6) is -0.426. The first-order valence-corrected chi connectivity index (χ1v) is 6.62. The predicted molar refractivity (Wildman–Crippen MR) is 72.8 cm³/mol. The molecule has 1 unspecified atom stereocenters. The van der Waals surface area contributed by atoms with Crippen molar-refractivity contribution in [2.24, 2.45) is 0 Å². The van der Waals surface area contributed by atoms with E-state index < -0.39 is 5.97 Å². The summed E-state index contributed by atoms with van der Waals surface area (Å²) in [4.78, 5) is 30.1. The number of hydrogen-bond acceptors (Lipinski definition) is 7. The molecule has 8 nitrogen and oxygen atoms in total. The number of carbonyl (C=O) groups is 1. The smallest absolute Gasteiger partial charge is 0.355 e. The molecule has 9 heteroatoms. The van der Waals surface area contributed by atoms with Crippen molar-refractivity contribution in [2.45, 2.75) is 13.0 Å². The first-order valence-electron chi connectivity index (χ1n) is 5.74. The minimum Gasteiger partial charge on any atom is -0.476 e. The number of aromatic amines is 1. The van der Waals surface area contributed by atoms with Crippen LogP contribution < -0.4 is 5.32 Å². The molecule has 0 amide bonds. The van der Waals surface area contributed by atoms with Crippen molar-refractivity contribution in [3.8, 4) is 0 Å². The number of anilines is 1. The second-order valence-electron chi connectivity index (χ2n) is 4.07. The van der Waals surface area contributed by atoms with Crippen molar-refractivity contribution in [3.63, 3.8) is 0 Å². The lowest BCUT2D eigenvalue weighted by atomic mass is 10.3. The maximum Gasteiger partial charge on any atom is 0.355 e. The standard InChI is InChI=1S/C11H10N6O2S/c1-5(10-17-6(2-20-10)11(18)19)16-9-7-8(13-3-12-7)14-4-15-9/h2-5H,1H3,(H,18,19)(H2,12,13,14,15,16). The number of thiazole rings is 1. The van der Waals surface area contributed by atoms with Crippen LogP contribution in [0.25, 0.3) is 11.2 Å². The van der Waals surface area contributed by atoms with Gasteiger partial charge >= 0.3 is 5.97 Å². The Morgan fingerprint density at radius 1 is 1.45 bits per heavy atom. The van der Waals surface area contributed by atoms with E-state index in [0.29, 0.717) is 22.0 Å². The average Bonchev–Trinajstić information content (AvgIpc) is 3.08. The van der Waals surface area contributed by atoms with Crippen molar-refractivity contribution in [1.29, 1.82) is 0 Å². The number of hydrogen-bond donors (Lipinski definition) is 3. The fourth-order valence-corrected chi connectivity index (χ4v) is 2.53. The molecular weight excluding hydrogens is 280 g/mol. The van der Waals surface area contributed by atoms with Gasteiger partial charge in [0.05, 0.1) is 12.4 Å². The zero-order valence-corrected chi connectivity index (χ0v) is 11.2. The molecule has 3 aromatic rings. The molecule has 0 saturated heterocycles. The summed E-state index contributed by atoms with van der Waals surface area (Å²) in [6.07, 6.45) is 2.96. The Kier molecular flexibility index (Phi) is 3.03. The average molecular weight is 290 g/mol. The number of nitrogens with zero attached hydrogens (tertiary/aromatic N) is 4. The third-order valence-corrected chi connectivity index (χ3v) is 3.72.